The van der Waals surface area contributed by atoms with E-state index < -0.39 is 5.92 Å². The zero-order valence-corrected chi connectivity index (χ0v) is 14.0. The minimum absolute atomic E-state index is 0.0337. The summed E-state index contributed by atoms with van der Waals surface area (Å²) in [6.45, 7) is 1.86. The van der Waals surface area contributed by atoms with Crippen molar-refractivity contribution < 1.29 is 9.13 Å². The van der Waals surface area contributed by atoms with E-state index in [1.165, 1.54) is 12.1 Å². The van der Waals surface area contributed by atoms with E-state index in [9.17, 15) is 9.65 Å². The number of aryl methyl sites for hydroxylation is 1. The summed E-state index contributed by atoms with van der Waals surface area (Å²) >= 11 is 0. The molecular weight excluding hydrogens is 331 g/mol. The molecule has 6 heteroatoms. The molecule has 0 unspecified atom stereocenters. The van der Waals surface area contributed by atoms with E-state index in [1.54, 1.807) is 16.8 Å². The first kappa shape index (κ1) is 15.9. The SMILES string of the molecule is Cc1nn(-c2ccccc2)c2c1[C@H](c1ccc(F)cc1)C(C#N)=C(N)O2. The molecule has 128 valence electrons. The van der Waals surface area contributed by atoms with Crippen LogP contribution in [0.2, 0.25) is 0 Å². The number of ether oxygens (including phenoxy) is 1. The molecule has 1 aliphatic heterocycles. The molecule has 0 fully saturated rings. The largest absolute Gasteiger partial charge is 0.422 e. The molecule has 26 heavy (non-hydrogen) atoms. The minimum atomic E-state index is -0.457. The van der Waals surface area contributed by atoms with Gasteiger partial charge in [0.25, 0.3) is 0 Å². The van der Waals surface area contributed by atoms with Crippen molar-refractivity contribution in [3.8, 4) is 17.6 Å². The molecule has 1 aliphatic rings. The monoisotopic (exact) mass is 346 g/mol. The van der Waals surface area contributed by atoms with Crippen LogP contribution in [0.25, 0.3) is 5.69 Å². The number of aromatic nitrogens is 2. The molecule has 5 nitrogen and oxygen atoms in total. The van der Waals surface area contributed by atoms with Gasteiger partial charge in [0.2, 0.25) is 11.8 Å². The molecule has 2 aromatic carbocycles. The van der Waals surface area contributed by atoms with Gasteiger partial charge in [0.05, 0.1) is 22.9 Å². The van der Waals surface area contributed by atoms with Crippen molar-refractivity contribution in [2.24, 2.45) is 5.73 Å². The average Bonchev–Trinajstić information content (AvgIpc) is 2.98. The molecule has 0 aliphatic carbocycles. The predicted molar refractivity (Wildman–Crippen MR) is 94.0 cm³/mol. The summed E-state index contributed by atoms with van der Waals surface area (Å²) in [6, 6.07) is 17.7. The van der Waals surface area contributed by atoms with Crippen molar-refractivity contribution in [3.05, 3.63) is 88.7 Å². The van der Waals surface area contributed by atoms with Gasteiger partial charge in [-0.25, -0.2) is 9.07 Å². The third-order valence-electron chi connectivity index (χ3n) is 4.44. The minimum Gasteiger partial charge on any atom is -0.422 e. The highest BCUT2D eigenvalue weighted by Gasteiger charge is 2.36. The lowest BCUT2D eigenvalue weighted by molar-refractivity contribution is 0.367. The fraction of sp³-hybridized carbons (Fsp3) is 0.100. The number of nitriles is 1. The van der Waals surface area contributed by atoms with Gasteiger partial charge in [-0.1, -0.05) is 30.3 Å². The summed E-state index contributed by atoms with van der Waals surface area (Å²) in [7, 11) is 0. The Morgan fingerprint density at radius 2 is 1.85 bits per heavy atom. The van der Waals surface area contributed by atoms with Crippen LogP contribution in [-0.2, 0) is 0 Å². The lowest BCUT2D eigenvalue weighted by atomic mass is 9.84. The van der Waals surface area contributed by atoms with E-state index in [-0.39, 0.29) is 11.7 Å². The molecule has 1 atom stereocenters. The smallest absolute Gasteiger partial charge is 0.229 e. The summed E-state index contributed by atoms with van der Waals surface area (Å²) in [6.07, 6.45) is 0. The normalized spacial score (nSPS) is 16.0. The van der Waals surface area contributed by atoms with Gasteiger partial charge in [-0.15, -0.1) is 0 Å². The summed E-state index contributed by atoms with van der Waals surface area (Å²) in [5.41, 5.74) is 9.38. The number of hydrogen-bond acceptors (Lipinski definition) is 4. The van der Waals surface area contributed by atoms with Crippen LogP contribution in [0.1, 0.15) is 22.7 Å². The number of para-hydroxylation sites is 1. The maximum absolute atomic E-state index is 13.4. The fourth-order valence-electron chi connectivity index (χ4n) is 3.25. The van der Waals surface area contributed by atoms with Gasteiger partial charge in [-0.2, -0.15) is 10.4 Å². The number of nitrogens with two attached hydrogens (primary N) is 1. The van der Waals surface area contributed by atoms with Crippen LogP contribution in [0.5, 0.6) is 5.88 Å². The second-order valence-corrected chi connectivity index (χ2v) is 6.03. The first-order valence-corrected chi connectivity index (χ1v) is 8.08. The number of rotatable bonds is 2. The van der Waals surface area contributed by atoms with Crippen molar-refractivity contribution in [2.75, 3.05) is 0 Å². The van der Waals surface area contributed by atoms with Gasteiger partial charge in [0.15, 0.2) is 0 Å². The maximum Gasteiger partial charge on any atom is 0.229 e. The summed E-state index contributed by atoms with van der Waals surface area (Å²) in [5.74, 6) is -0.291. The average molecular weight is 346 g/mol. The number of halogens is 1. The molecule has 0 saturated carbocycles. The lowest BCUT2D eigenvalue weighted by Gasteiger charge is -2.24. The molecular formula is C20H15FN4O. The van der Waals surface area contributed by atoms with Crippen molar-refractivity contribution in [3.63, 3.8) is 0 Å². The first-order chi connectivity index (χ1) is 12.6. The van der Waals surface area contributed by atoms with Crippen LogP contribution in [-0.4, -0.2) is 9.78 Å². The van der Waals surface area contributed by atoms with Gasteiger partial charge in [0.1, 0.15) is 17.5 Å². The second-order valence-electron chi connectivity index (χ2n) is 6.03. The van der Waals surface area contributed by atoms with Crippen molar-refractivity contribution >= 4 is 0 Å². The Morgan fingerprint density at radius 3 is 2.50 bits per heavy atom. The van der Waals surface area contributed by atoms with Crippen LogP contribution in [0.3, 0.4) is 0 Å². The molecule has 3 aromatic rings. The Labute approximate surface area is 149 Å². The van der Waals surface area contributed by atoms with Crippen LogP contribution in [0.15, 0.2) is 66.1 Å². The predicted octanol–water partition coefficient (Wildman–Crippen LogP) is 3.54. The third kappa shape index (κ3) is 2.42. The Hall–Kier alpha value is -3.59. The highest BCUT2D eigenvalue weighted by Crippen LogP contribution is 2.44. The number of fused-ring (bicyclic) bond motifs is 1. The highest BCUT2D eigenvalue weighted by molar-refractivity contribution is 5.57. The van der Waals surface area contributed by atoms with Crippen LogP contribution in [0, 0.1) is 24.1 Å². The van der Waals surface area contributed by atoms with Gasteiger partial charge in [0, 0.05) is 0 Å². The lowest BCUT2D eigenvalue weighted by Crippen LogP contribution is -2.22. The van der Waals surface area contributed by atoms with E-state index in [1.807, 2.05) is 37.3 Å². The van der Waals surface area contributed by atoms with Crippen molar-refractivity contribution in [1.82, 2.24) is 9.78 Å². The van der Waals surface area contributed by atoms with Crippen LogP contribution >= 0.6 is 0 Å². The molecule has 2 N–H and O–H groups in total. The zero-order valence-electron chi connectivity index (χ0n) is 14.0. The summed E-state index contributed by atoms with van der Waals surface area (Å²) in [4.78, 5) is 0. The Bertz CT molecular complexity index is 1050. The zero-order chi connectivity index (χ0) is 18.3. The topological polar surface area (TPSA) is 76.9 Å². The highest BCUT2D eigenvalue weighted by atomic mass is 19.1. The quantitative estimate of drug-likeness (QED) is 0.770. The van der Waals surface area contributed by atoms with E-state index in [4.69, 9.17) is 10.5 Å². The van der Waals surface area contributed by atoms with Crippen molar-refractivity contribution in [2.45, 2.75) is 12.8 Å². The number of nitrogens with zero attached hydrogens (tertiary/aromatic N) is 3. The molecule has 0 saturated heterocycles. The number of hydrogen-bond donors (Lipinski definition) is 1. The van der Waals surface area contributed by atoms with Crippen molar-refractivity contribution in [1.29, 1.82) is 5.26 Å². The molecule has 0 amide bonds. The standard InChI is InChI=1S/C20H15FN4O/c1-12-17-18(13-7-9-14(21)10-8-13)16(11-22)19(23)26-20(17)25(24-12)15-5-3-2-4-6-15/h2-10,18H,23H2,1H3/t18-/m1/s1. The van der Waals surface area contributed by atoms with Crippen LogP contribution < -0.4 is 10.5 Å². The van der Waals surface area contributed by atoms with Crippen LogP contribution in [0.4, 0.5) is 4.39 Å². The summed E-state index contributed by atoms with van der Waals surface area (Å²) in [5, 5.41) is 14.2. The number of benzene rings is 2. The molecule has 0 bridgehead atoms. The first-order valence-electron chi connectivity index (χ1n) is 8.08. The van der Waals surface area contributed by atoms with Gasteiger partial charge < -0.3 is 10.5 Å². The Balaban J connectivity index is 1.95. The third-order valence-corrected chi connectivity index (χ3v) is 4.44. The second kappa shape index (κ2) is 6.05. The number of allylic oxidation sites excluding steroid dienone is 1. The van der Waals surface area contributed by atoms with Gasteiger partial charge >= 0.3 is 0 Å². The molecule has 0 spiro atoms. The Kier molecular flexibility index (Phi) is 3.70. The maximum atomic E-state index is 13.4. The fourth-order valence-corrected chi connectivity index (χ4v) is 3.25. The molecule has 4 rings (SSSR count). The van der Waals surface area contributed by atoms with E-state index >= 15 is 0 Å². The van der Waals surface area contributed by atoms with E-state index in [0.717, 1.165) is 22.5 Å². The van der Waals surface area contributed by atoms with E-state index in [0.29, 0.717) is 11.5 Å². The summed E-state index contributed by atoms with van der Waals surface area (Å²) < 4.78 is 20.8. The molecule has 1 aromatic heterocycles. The van der Waals surface area contributed by atoms with E-state index in [2.05, 4.69) is 11.2 Å². The van der Waals surface area contributed by atoms with Gasteiger partial charge in [-0.3, -0.25) is 0 Å². The molecule has 0 radical (unpaired) electrons. The van der Waals surface area contributed by atoms with Gasteiger partial charge in [-0.05, 0) is 36.8 Å². The Morgan fingerprint density at radius 1 is 1.15 bits per heavy atom. The molecule has 2 heterocycles.